The molecule has 8 rings (SSSR count). The molecular formula is C35H24ClN3O4S. The Hall–Kier alpha value is -4.79. The lowest BCUT2D eigenvalue weighted by atomic mass is 9.84. The summed E-state index contributed by atoms with van der Waals surface area (Å²) >= 11 is 7.46. The maximum absolute atomic E-state index is 15.1. The Morgan fingerprint density at radius 3 is 2.45 bits per heavy atom. The standard InChI is InChI=1S/C35H24ClN3O4S/c1-18-8-13-25-28(14-18)44-34(37-25)39-32(41)31-29(30(40)23-15-19(2)20(3)16-27(23)43-31)35(39)24-6-4-5-7-26(24)38(33(35)42)17-21-9-11-22(36)12-10-21/h4-16H,17H2,1-3H3. The first-order valence-electron chi connectivity index (χ1n) is 14.1. The number of thiazole rings is 1. The van der Waals surface area contributed by atoms with Crippen LogP contribution >= 0.6 is 22.9 Å². The lowest BCUT2D eigenvalue weighted by molar-refractivity contribution is -0.121. The number of hydrogen-bond donors (Lipinski definition) is 0. The van der Waals surface area contributed by atoms with Crippen LogP contribution < -0.4 is 15.2 Å². The Balaban J connectivity index is 1.45. The molecule has 0 aliphatic carbocycles. The van der Waals surface area contributed by atoms with Crippen molar-refractivity contribution in [1.29, 1.82) is 0 Å². The fraction of sp³-hybridized carbons (Fsp3) is 0.143. The molecule has 9 heteroatoms. The highest BCUT2D eigenvalue weighted by Gasteiger charge is 2.66. The van der Waals surface area contributed by atoms with Gasteiger partial charge in [-0.3, -0.25) is 19.3 Å². The highest BCUT2D eigenvalue weighted by Crippen LogP contribution is 2.55. The molecule has 0 saturated carbocycles. The fourth-order valence-electron chi connectivity index (χ4n) is 6.46. The van der Waals surface area contributed by atoms with Crippen molar-refractivity contribution >= 4 is 66.8 Å². The van der Waals surface area contributed by atoms with Gasteiger partial charge in [0.15, 0.2) is 16.1 Å². The summed E-state index contributed by atoms with van der Waals surface area (Å²) in [5.41, 5.74) is 3.65. The van der Waals surface area contributed by atoms with Gasteiger partial charge in [0.1, 0.15) is 5.58 Å². The number of amides is 2. The van der Waals surface area contributed by atoms with Crippen LogP contribution in [0.15, 0.2) is 88.1 Å². The molecule has 0 saturated heterocycles. The van der Waals surface area contributed by atoms with E-state index < -0.39 is 22.8 Å². The first-order valence-corrected chi connectivity index (χ1v) is 15.3. The molecular weight excluding hydrogens is 594 g/mol. The number of rotatable bonds is 3. The van der Waals surface area contributed by atoms with Gasteiger partial charge in [-0.1, -0.05) is 59.3 Å². The summed E-state index contributed by atoms with van der Waals surface area (Å²) in [4.78, 5) is 52.2. The zero-order valence-electron chi connectivity index (χ0n) is 24.0. The predicted octanol–water partition coefficient (Wildman–Crippen LogP) is 7.43. The van der Waals surface area contributed by atoms with Crippen LogP contribution in [0.4, 0.5) is 10.8 Å². The van der Waals surface area contributed by atoms with E-state index in [0.717, 1.165) is 27.0 Å². The van der Waals surface area contributed by atoms with Crippen LogP contribution in [0.1, 0.15) is 43.9 Å². The molecule has 44 heavy (non-hydrogen) atoms. The second-order valence-electron chi connectivity index (χ2n) is 11.4. The number of carbonyl (C=O) groups excluding carboxylic acids is 2. The van der Waals surface area contributed by atoms with Gasteiger partial charge in [-0.15, -0.1) is 0 Å². The van der Waals surface area contributed by atoms with E-state index in [0.29, 0.717) is 37.9 Å². The second-order valence-corrected chi connectivity index (χ2v) is 12.9. The number of benzene rings is 4. The number of aromatic nitrogens is 1. The maximum atomic E-state index is 15.1. The molecule has 2 aromatic heterocycles. The number of hydrogen-bond acceptors (Lipinski definition) is 6. The van der Waals surface area contributed by atoms with Gasteiger partial charge in [0, 0.05) is 10.6 Å². The van der Waals surface area contributed by atoms with Gasteiger partial charge >= 0.3 is 0 Å². The van der Waals surface area contributed by atoms with Crippen LogP contribution in [0.2, 0.25) is 5.02 Å². The number of aryl methyl sites for hydroxylation is 3. The van der Waals surface area contributed by atoms with Crippen molar-refractivity contribution in [2.75, 3.05) is 9.80 Å². The minimum atomic E-state index is -1.81. The van der Waals surface area contributed by atoms with Crippen molar-refractivity contribution < 1.29 is 14.0 Å². The molecule has 2 amide bonds. The molecule has 6 aromatic rings. The Bertz CT molecular complexity index is 2290. The zero-order chi connectivity index (χ0) is 30.5. The van der Waals surface area contributed by atoms with Gasteiger partial charge in [-0.2, -0.15) is 0 Å². The van der Waals surface area contributed by atoms with Crippen molar-refractivity contribution in [2.45, 2.75) is 32.9 Å². The van der Waals surface area contributed by atoms with E-state index in [-0.39, 0.29) is 17.9 Å². The van der Waals surface area contributed by atoms with Gasteiger partial charge < -0.3 is 9.32 Å². The third-order valence-corrected chi connectivity index (χ3v) is 9.97. The zero-order valence-corrected chi connectivity index (χ0v) is 25.5. The van der Waals surface area contributed by atoms with Gasteiger partial charge in [0.25, 0.3) is 11.8 Å². The summed E-state index contributed by atoms with van der Waals surface area (Å²) in [7, 11) is 0. The van der Waals surface area contributed by atoms with E-state index >= 15 is 4.79 Å². The molecule has 4 aromatic carbocycles. The molecule has 2 aliphatic rings. The van der Waals surface area contributed by atoms with Crippen LogP contribution in [-0.4, -0.2) is 16.8 Å². The Labute approximate surface area is 260 Å². The summed E-state index contributed by atoms with van der Waals surface area (Å²) in [6, 6.07) is 24.0. The average molecular weight is 618 g/mol. The van der Waals surface area contributed by atoms with E-state index in [2.05, 4.69) is 0 Å². The number of fused-ring (bicyclic) bond motifs is 6. The number of nitrogens with zero attached hydrogens (tertiary/aromatic N) is 3. The summed E-state index contributed by atoms with van der Waals surface area (Å²) in [5.74, 6) is -1.14. The number of halogens is 1. The molecule has 1 unspecified atom stereocenters. The smallest absolute Gasteiger partial charge is 0.297 e. The molecule has 1 atom stereocenters. The van der Waals surface area contributed by atoms with Gasteiger partial charge in [-0.05, 0) is 85.5 Å². The maximum Gasteiger partial charge on any atom is 0.297 e. The van der Waals surface area contributed by atoms with Crippen molar-refractivity contribution in [2.24, 2.45) is 0 Å². The van der Waals surface area contributed by atoms with Crippen molar-refractivity contribution in [3.8, 4) is 0 Å². The van der Waals surface area contributed by atoms with E-state index in [1.807, 2.05) is 75.4 Å². The minimum Gasteiger partial charge on any atom is -0.450 e. The molecule has 0 fully saturated rings. The van der Waals surface area contributed by atoms with Crippen molar-refractivity contribution in [3.05, 3.63) is 133 Å². The summed E-state index contributed by atoms with van der Waals surface area (Å²) in [6.45, 7) is 6.04. The lowest BCUT2D eigenvalue weighted by Gasteiger charge is -2.32. The third-order valence-electron chi connectivity index (χ3n) is 8.72. The number of anilines is 2. The average Bonchev–Trinajstić information content (AvgIpc) is 3.61. The fourth-order valence-corrected chi connectivity index (χ4v) is 7.70. The highest BCUT2D eigenvalue weighted by atomic mass is 35.5. The van der Waals surface area contributed by atoms with Gasteiger partial charge in [0.05, 0.1) is 33.4 Å². The van der Waals surface area contributed by atoms with Crippen LogP contribution in [0.3, 0.4) is 0 Å². The number of carbonyl (C=O) groups is 2. The van der Waals surface area contributed by atoms with Crippen molar-refractivity contribution in [1.82, 2.24) is 4.98 Å². The second kappa shape index (κ2) is 9.35. The van der Waals surface area contributed by atoms with E-state index in [4.69, 9.17) is 21.0 Å². The minimum absolute atomic E-state index is 0.0183. The molecule has 0 radical (unpaired) electrons. The SMILES string of the molecule is Cc1ccc2nc(N3C(=O)c4oc5cc(C)c(C)cc5c(=O)c4C34C(=O)N(Cc3ccc(Cl)cc3)c3ccccc34)sc2c1. The largest absolute Gasteiger partial charge is 0.450 e. The van der Waals surface area contributed by atoms with E-state index in [1.165, 1.54) is 16.2 Å². The van der Waals surface area contributed by atoms with Crippen LogP contribution in [0.5, 0.6) is 0 Å². The third kappa shape index (κ3) is 3.55. The molecule has 0 N–H and O–H groups in total. The Morgan fingerprint density at radius 1 is 0.909 bits per heavy atom. The topological polar surface area (TPSA) is 83.7 Å². The van der Waals surface area contributed by atoms with E-state index in [9.17, 15) is 9.59 Å². The quantitative estimate of drug-likeness (QED) is 0.206. The van der Waals surface area contributed by atoms with Crippen LogP contribution in [0.25, 0.3) is 21.2 Å². The summed E-state index contributed by atoms with van der Waals surface area (Å²) in [6.07, 6.45) is 0. The molecule has 2 aliphatic heterocycles. The molecule has 4 heterocycles. The highest BCUT2D eigenvalue weighted by molar-refractivity contribution is 7.22. The lowest BCUT2D eigenvalue weighted by Crippen LogP contribution is -2.53. The van der Waals surface area contributed by atoms with Gasteiger partial charge in [0.2, 0.25) is 5.76 Å². The van der Waals surface area contributed by atoms with E-state index in [1.54, 1.807) is 29.2 Å². The Kier molecular flexibility index (Phi) is 5.70. The predicted molar refractivity (Wildman–Crippen MR) is 173 cm³/mol. The summed E-state index contributed by atoms with van der Waals surface area (Å²) in [5, 5.41) is 1.22. The molecule has 1 spiro atoms. The molecule has 0 bridgehead atoms. The van der Waals surface area contributed by atoms with Gasteiger partial charge in [-0.25, -0.2) is 4.98 Å². The first-order chi connectivity index (χ1) is 21.2. The normalized spacial score (nSPS) is 17.4. The monoisotopic (exact) mass is 617 g/mol. The Morgan fingerprint density at radius 2 is 1.66 bits per heavy atom. The van der Waals surface area contributed by atoms with Crippen LogP contribution in [-0.2, 0) is 16.9 Å². The molecule has 7 nitrogen and oxygen atoms in total. The summed E-state index contributed by atoms with van der Waals surface area (Å²) < 4.78 is 7.16. The first kappa shape index (κ1) is 26.8. The van der Waals surface area contributed by atoms with Crippen molar-refractivity contribution in [3.63, 3.8) is 0 Å². The molecule has 216 valence electrons. The van der Waals surface area contributed by atoms with Crippen LogP contribution in [0, 0.1) is 20.8 Å². The number of para-hydroxylation sites is 1.